The van der Waals surface area contributed by atoms with Gasteiger partial charge in [-0.3, -0.25) is 9.13 Å². The van der Waals surface area contributed by atoms with Gasteiger partial charge in [0.2, 0.25) is 0 Å². The van der Waals surface area contributed by atoms with E-state index < -0.39 is 0 Å². The minimum atomic E-state index is -0.0262. The molecule has 7 rings (SSSR count). The number of hydrogen-bond acceptors (Lipinski definition) is 2. The van der Waals surface area contributed by atoms with E-state index in [0.29, 0.717) is 0 Å². The van der Waals surface area contributed by atoms with Crippen LogP contribution in [-0.2, 0) is 29.1 Å². The zero-order valence-corrected chi connectivity index (χ0v) is 31.7. The maximum Gasteiger partial charge on any atom is 0.252 e. The fraction of sp³-hybridized carbons (Fsp3) is 0.524. The lowest BCUT2D eigenvalue weighted by Gasteiger charge is -2.37. The van der Waals surface area contributed by atoms with Crippen molar-refractivity contribution in [3.63, 3.8) is 0 Å². The van der Waals surface area contributed by atoms with Crippen molar-refractivity contribution in [3.8, 4) is 11.4 Å². The van der Waals surface area contributed by atoms with Crippen LogP contribution in [0.5, 0.6) is 0 Å². The molecule has 0 radical (unpaired) electrons. The highest BCUT2D eigenvalue weighted by molar-refractivity contribution is 7.00. The quantitative estimate of drug-likeness (QED) is 0.180. The van der Waals surface area contributed by atoms with E-state index in [0.717, 1.165) is 35.5 Å². The van der Waals surface area contributed by atoms with Gasteiger partial charge in [-0.15, -0.1) is 0 Å². The average Bonchev–Trinajstić information content (AvgIpc) is 3.42. The van der Waals surface area contributed by atoms with Gasteiger partial charge in [0.15, 0.2) is 0 Å². The van der Waals surface area contributed by atoms with Crippen LogP contribution in [0.25, 0.3) is 33.4 Å². The van der Waals surface area contributed by atoms with Crippen LogP contribution in [-0.4, -0.2) is 25.8 Å². The van der Waals surface area contributed by atoms with Crippen molar-refractivity contribution < 1.29 is 0 Å². The normalized spacial score (nSPS) is 14.8. The first-order chi connectivity index (χ1) is 21.4. The summed E-state index contributed by atoms with van der Waals surface area (Å²) in [6.45, 7) is 35.1. The van der Waals surface area contributed by atoms with E-state index in [1.807, 2.05) is 0 Å². The lowest BCUT2D eigenvalue weighted by atomic mass is 9.33. The second-order valence-corrected chi connectivity index (χ2v) is 20.2. The molecule has 5 aromatic rings. The molecule has 3 aromatic carbocycles. The summed E-state index contributed by atoms with van der Waals surface area (Å²) in [5.74, 6) is 2.32. The Hall–Kier alpha value is -3.34. The molecule has 0 saturated carbocycles. The number of imidazole rings is 2. The summed E-state index contributed by atoms with van der Waals surface area (Å²) in [5.41, 5.74) is 15.8. The van der Waals surface area contributed by atoms with Crippen LogP contribution in [0.1, 0.15) is 132 Å². The monoisotopic (exact) mass is 626 g/mol. The van der Waals surface area contributed by atoms with E-state index in [1.54, 1.807) is 0 Å². The van der Waals surface area contributed by atoms with Crippen LogP contribution in [0.4, 0.5) is 0 Å². The number of aromatic nitrogens is 4. The molecule has 4 heterocycles. The summed E-state index contributed by atoms with van der Waals surface area (Å²) in [6, 6.07) is 14.8. The first-order valence-corrected chi connectivity index (χ1v) is 17.7. The Morgan fingerprint density at radius 3 is 1.15 bits per heavy atom. The van der Waals surface area contributed by atoms with E-state index in [4.69, 9.17) is 9.97 Å². The van der Waals surface area contributed by atoms with Crippen molar-refractivity contribution >= 4 is 45.2 Å². The Balaban J connectivity index is 1.72. The summed E-state index contributed by atoms with van der Waals surface area (Å²) < 4.78 is 5.12. The fourth-order valence-corrected chi connectivity index (χ4v) is 7.79. The van der Waals surface area contributed by atoms with Crippen molar-refractivity contribution in [2.45, 2.75) is 133 Å². The van der Waals surface area contributed by atoms with Crippen LogP contribution in [0, 0.1) is 10.8 Å². The third kappa shape index (κ3) is 5.18. The van der Waals surface area contributed by atoms with Gasteiger partial charge in [0.05, 0.1) is 22.1 Å². The van der Waals surface area contributed by atoms with E-state index in [9.17, 15) is 0 Å². The van der Waals surface area contributed by atoms with Crippen molar-refractivity contribution in [2.75, 3.05) is 0 Å². The summed E-state index contributed by atoms with van der Waals surface area (Å²) in [4.78, 5) is 11.0. The van der Waals surface area contributed by atoms with E-state index in [-0.39, 0.29) is 33.8 Å². The molecule has 0 unspecified atom stereocenters. The smallest absolute Gasteiger partial charge is 0.252 e. The van der Waals surface area contributed by atoms with Crippen molar-refractivity contribution in [2.24, 2.45) is 10.8 Å². The molecule has 0 N–H and O–H groups in total. The number of hydrogen-bond donors (Lipinski definition) is 0. The van der Waals surface area contributed by atoms with Gasteiger partial charge in [-0.2, -0.15) is 0 Å². The third-order valence-corrected chi connectivity index (χ3v) is 10.2. The average molecular weight is 627 g/mol. The number of fused-ring (bicyclic) bond motifs is 4. The predicted octanol–water partition coefficient (Wildman–Crippen LogP) is 8.58. The molecule has 246 valence electrons. The molecule has 2 aliphatic rings. The number of benzene rings is 3. The Labute approximate surface area is 283 Å². The molecule has 2 aromatic heterocycles. The minimum Gasteiger partial charge on any atom is -0.297 e. The highest BCUT2D eigenvalue weighted by Crippen LogP contribution is 2.39. The molecule has 47 heavy (non-hydrogen) atoms. The van der Waals surface area contributed by atoms with E-state index in [1.165, 1.54) is 55.5 Å². The van der Waals surface area contributed by atoms with Gasteiger partial charge in [-0.05, 0) is 84.4 Å². The van der Waals surface area contributed by atoms with Gasteiger partial charge in [0, 0.05) is 24.2 Å². The Bertz CT molecular complexity index is 1960. The minimum absolute atomic E-state index is 0.00322. The molecule has 0 bridgehead atoms. The summed E-state index contributed by atoms with van der Waals surface area (Å²) in [7, 11) is 0. The van der Waals surface area contributed by atoms with Crippen LogP contribution in [0.3, 0.4) is 0 Å². The number of nitrogens with zero attached hydrogens (tertiary/aromatic N) is 4. The molecular formula is C42H55BN4. The standard InChI is InChI=1S/C42H55BN4/c1-38(2,3)22-33-44-29-18-24(40(7,8)9)16-27-36(29)46(33)31-20-26(42(13,14)15)21-32-35(31)43(27)28-17-25(41(10,11)12)19-30-37(28)47(32)34(45-30)23-39(4,5)6/h16-21H,22-23H2,1-15H3. The molecule has 0 amide bonds. The van der Waals surface area contributed by atoms with Gasteiger partial charge >= 0.3 is 0 Å². The molecule has 0 atom stereocenters. The van der Waals surface area contributed by atoms with Crippen LogP contribution >= 0.6 is 0 Å². The highest BCUT2D eigenvalue weighted by Gasteiger charge is 2.43. The Morgan fingerprint density at radius 1 is 0.489 bits per heavy atom. The second kappa shape index (κ2) is 9.64. The summed E-state index contributed by atoms with van der Waals surface area (Å²) in [6.07, 6.45) is 1.81. The maximum atomic E-state index is 5.51. The zero-order valence-electron chi connectivity index (χ0n) is 31.7. The molecule has 0 fully saturated rings. The molecule has 0 aliphatic carbocycles. The van der Waals surface area contributed by atoms with Crippen molar-refractivity contribution in [3.05, 3.63) is 64.7 Å². The van der Waals surface area contributed by atoms with Gasteiger partial charge in [-0.1, -0.05) is 116 Å². The van der Waals surface area contributed by atoms with Crippen molar-refractivity contribution in [1.29, 1.82) is 0 Å². The fourth-order valence-electron chi connectivity index (χ4n) is 7.79. The molecule has 2 aliphatic heterocycles. The van der Waals surface area contributed by atoms with Gasteiger partial charge in [-0.25, -0.2) is 9.97 Å². The maximum absolute atomic E-state index is 5.51. The molecule has 0 spiro atoms. The molecule has 0 saturated heterocycles. The van der Waals surface area contributed by atoms with Crippen LogP contribution in [0.15, 0.2) is 36.4 Å². The van der Waals surface area contributed by atoms with Crippen LogP contribution < -0.4 is 16.4 Å². The predicted molar refractivity (Wildman–Crippen MR) is 203 cm³/mol. The largest absolute Gasteiger partial charge is 0.297 e. The van der Waals surface area contributed by atoms with Crippen molar-refractivity contribution in [1.82, 2.24) is 19.1 Å². The molecule has 5 heteroatoms. The number of rotatable bonds is 2. The summed E-state index contributed by atoms with van der Waals surface area (Å²) in [5, 5.41) is 0. The van der Waals surface area contributed by atoms with E-state index in [2.05, 4.69) is 149 Å². The zero-order chi connectivity index (χ0) is 34.4. The van der Waals surface area contributed by atoms with Crippen LogP contribution in [0.2, 0.25) is 0 Å². The van der Waals surface area contributed by atoms with Gasteiger partial charge < -0.3 is 0 Å². The first kappa shape index (κ1) is 32.2. The molecule has 4 nitrogen and oxygen atoms in total. The lowest BCUT2D eigenvalue weighted by molar-refractivity contribution is 0.399. The van der Waals surface area contributed by atoms with E-state index >= 15 is 0 Å². The Kier molecular flexibility index (Phi) is 6.61. The highest BCUT2D eigenvalue weighted by atomic mass is 15.1. The summed E-state index contributed by atoms with van der Waals surface area (Å²) >= 11 is 0. The first-order valence-electron chi connectivity index (χ1n) is 17.7. The Morgan fingerprint density at radius 2 is 0.830 bits per heavy atom. The molecular weight excluding hydrogens is 571 g/mol. The third-order valence-electron chi connectivity index (χ3n) is 10.2. The van der Waals surface area contributed by atoms with Gasteiger partial charge in [0.25, 0.3) is 6.71 Å². The van der Waals surface area contributed by atoms with Gasteiger partial charge in [0.1, 0.15) is 11.6 Å². The second-order valence-electron chi connectivity index (χ2n) is 20.2. The topological polar surface area (TPSA) is 35.6 Å². The lowest BCUT2D eigenvalue weighted by Crippen LogP contribution is -2.60. The SMILES string of the molecule is CC(C)(C)Cc1nc2cc(C(C)(C)C)cc3c2n1-c1cc(C(C)(C)C)cc2c1B3c1cc(C(C)(C)C)cc3nc(CC(C)(C)C)n-2c13.